The lowest BCUT2D eigenvalue weighted by Crippen LogP contribution is -2.44. The van der Waals surface area contributed by atoms with Crippen molar-refractivity contribution in [1.29, 1.82) is 0 Å². The van der Waals surface area contributed by atoms with E-state index in [0.717, 1.165) is 6.07 Å². The number of halogens is 3. The van der Waals surface area contributed by atoms with E-state index in [1.807, 2.05) is 0 Å². The van der Waals surface area contributed by atoms with Gasteiger partial charge in [-0.05, 0) is 45.0 Å². The minimum absolute atomic E-state index is 0.0445. The highest BCUT2D eigenvalue weighted by molar-refractivity contribution is 5.80. The molecule has 0 saturated carbocycles. The summed E-state index contributed by atoms with van der Waals surface area (Å²) in [5, 5.41) is 11.5. The molecule has 0 aliphatic rings. The van der Waals surface area contributed by atoms with Crippen LogP contribution in [0.1, 0.15) is 26.5 Å². The lowest BCUT2D eigenvalue weighted by molar-refractivity contribution is -0.274. The topological polar surface area (TPSA) is 98.0 Å². The van der Waals surface area contributed by atoms with Crippen LogP contribution in [0.25, 0.3) is 11.3 Å². The van der Waals surface area contributed by atoms with Crippen molar-refractivity contribution >= 4 is 12.1 Å². The normalized spacial score (nSPS) is 12.9. The summed E-state index contributed by atoms with van der Waals surface area (Å²) in [7, 11) is 0. The summed E-state index contributed by atoms with van der Waals surface area (Å²) in [6.07, 6.45) is -6.03. The number of alkyl carbamates (subject to hydrolysis) is 1. The summed E-state index contributed by atoms with van der Waals surface area (Å²) in [6, 6.07) is 6.83. The Morgan fingerprint density at radius 2 is 1.79 bits per heavy atom. The maximum atomic E-state index is 12.6. The zero-order chi connectivity index (χ0) is 21.8. The van der Waals surface area contributed by atoms with Gasteiger partial charge in [0.15, 0.2) is 0 Å². The predicted molar refractivity (Wildman–Crippen MR) is 95.3 cm³/mol. The molecule has 10 heteroatoms. The van der Waals surface area contributed by atoms with Crippen LogP contribution in [0.4, 0.5) is 18.0 Å². The summed E-state index contributed by atoms with van der Waals surface area (Å²) < 4.78 is 52.2. The molecule has 2 N–H and O–H groups in total. The fourth-order valence-electron chi connectivity index (χ4n) is 2.37. The van der Waals surface area contributed by atoms with E-state index in [2.05, 4.69) is 10.1 Å². The molecule has 0 saturated heterocycles. The molecule has 7 nitrogen and oxygen atoms in total. The van der Waals surface area contributed by atoms with Gasteiger partial charge in [-0.2, -0.15) is 0 Å². The van der Waals surface area contributed by atoms with E-state index in [4.69, 9.17) is 9.15 Å². The average Bonchev–Trinajstić information content (AvgIpc) is 2.99. The molecule has 29 heavy (non-hydrogen) atoms. The molecule has 1 heterocycles. The fourth-order valence-corrected chi connectivity index (χ4v) is 2.37. The predicted octanol–water partition coefficient (Wildman–Crippen LogP) is 4.37. The van der Waals surface area contributed by atoms with Crippen LogP contribution in [0.5, 0.6) is 5.75 Å². The van der Waals surface area contributed by atoms with Crippen molar-refractivity contribution in [3.05, 3.63) is 42.2 Å². The largest absolute Gasteiger partial charge is 0.573 e. The van der Waals surface area contributed by atoms with Crippen LogP contribution in [0, 0.1) is 0 Å². The third kappa shape index (κ3) is 7.05. The van der Waals surface area contributed by atoms with Crippen LogP contribution in [-0.4, -0.2) is 35.2 Å². The highest BCUT2D eigenvalue weighted by atomic mass is 19.4. The zero-order valence-corrected chi connectivity index (χ0v) is 15.9. The van der Waals surface area contributed by atoms with E-state index in [0.29, 0.717) is 0 Å². The zero-order valence-electron chi connectivity index (χ0n) is 15.9. The lowest BCUT2D eigenvalue weighted by atomic mass is 10.1. The van der Waals surface area contributed by atoms with Crippen molar-refractivity contribution in [2.75, 3.05) is 0 Å². The number of ether oxygens (including phenoxy) is 2. The number of furan rings is 1. The number of carbonyl (C=O) groups is 2. The Balaban J connectivity index is 2.17. The Kier molecular flexibility index (Phi) is 6.45. The first kappa shape index (κ1) is 22.1. The van der Waals surface area contributed by atoms with Gasteiger partial charge in [-0.1, -0.05) is 12.1 Å². The van der Waals surface area contributed by atoms with Crippen molar-refractivity contribution in [3.8, 4) is 17.1 Å². The molecule has 1 aromatic carbocycles. The molecule has 2 aromatic rings. The number of amides is 1. The van der Waals surface area contributed by atoms with Gasteiger partial charge in [0.2, 0.25) is 0 Å². The van der Waals surface area contributed by atoms with E-state index in [9.17, 15) is 27.9 Å². The quantitative estimate of drug-likeness (QED) is 0.727. The van der Waals surface area contributed by atoms with Gasteiger partial charge < -0.3 is 24.3 Å². The van der Waals surface area contributed by atoms with Gasteiger partial charge in [0, 0.05) is 6.42 Å². The Morgan fingerprint density at radius 3 is 2.38 bits per heavy atom. The Bertz CT molecular complexity index is 869. The fraction of sp³-hybridized carbons (Fsp3) is 0.368. The first-order valence-electron chi connectivity index (χ1n) is 8.50. The molecule has 1 unspecified atom stereocenters. The minimum atomic E-state index is -4.88. The maximum absolute atomic E-state index is 12.6. The summed E-state index contributed by atoms with van der Waals surface area (Å²) in [5.41, 5.74) is -0.768. The van der Waals surface area contributed by atoms with Crippen LogP contribution < -0.4 is 10.1 Å². The van der Waals surface area contributed by atoms with E-state index in [1.54, 1.807) is 20.8 Å². The van der Waals surface area contributed by atoms with Gasteiger partial charge in [-0.15, -0.1) is 13.2 Å². The van der Waals surface area contributed by atoms with Crippen molar-refractivity contribution in [2.24, 2.45) is 0 Å². The highest BCUT2D eigenvalue weighted by Gasteiger charge is 2.32. The maximum Gasteiger partial charge on any atom is 0.573 e. The Hall–Kier alpha value is -3.17. The first-order valence-corrected chi connectivity index (χ1v) is 8.50. The molecule has 0 aliphatic carbocycles. The van der Waals surface area contributed by atoms with E-state index in [1.165, 1.54) is 30.3 Å². The smallest absolute Gasteiger partial charge is 0.480 e. The van der Waals surface area contributed by atoms with Crippen molar-refractivity contribution < 1.29 is 41.8 Å². The Morgan fingerprint density at radius 1 is 1.14 bits per heavy atom. The van der Waals surface area contributed by atoms with Crippen molar-refractivity contribution in [1.82, 2.24) is 5.32 Å². The molecule has 1 amide bonds. The number of hydrogen-bond donors (Lipinski definition) is 2. The van der Waals surface area contributed by atoms with Crippen LogP contribution >= 0.6 is 0 Å². The average molecular weight is 415 g/mol. The van der Waals surface area contributed by atoms with Crippen molar-refractivity contribution in [2.45, 2.75) is 45.2 Å². The van der Waals surface area contributed by atoms with Crippen LogP contribution in [0.15, 0.2) is 40.8 Å². The van der Waals surface area contributed by atoms with E-state index < -0.39 is 35.8 Å². The molecular weight excluding hydrogens is 395 g/mol. The number of rotatable bonds is 6. The lowest BCUT2D eigenvalue weighted by Gasteiger charge is -2.21. The molecule has 0 aliphatic heterocycles. The number of benzene rings is 1. The van der Waals surface area contributed by atoms with Crippen LogP contribution in [-0.2, 0) is 16.0 Å². The molecule has 1 aromatic heterocycles. The number of nitrogens with one attached hydrogen (secondary N) is 1. The molecule has 0 fully saturated rings. The van der Waals surface area contributed by atoms with Crippen LogP contribution in [0.2, 0.25) is 0 Å². The second kappa shape index (κ2) is 8.46. The summed E-state index contributed by atoms with van der Waals surface area (Å²) >= 11 is 0. The summed E-state index contributed by atoms with van der Waals surface area (Å²) in [4.78, 5) is 23.3. The molecule has 1 atom stereocenters. The van der Waals surface area contributed by atoms with Gasteiger partial charge in [0.25, 0.3) is 0 Å². The number of alkyl halides is 3. The number of aliphatic carboxylic acids is 1. The van der Waals surface area contributed by atoms with Gasteiger partial charge >= 0.3 is 18.4 Å². The van der Waals surface area contributed by atoms with Gasteiger partial charge in [0.05, 0.1) is 5.56 Å². The highest BCUT2D eigenvalue weighted by Crippen LogP contribution is 2.34. The SMILES string of the molecule is CC(C)(C)OC(=O)NC(Cc1ccc(-c2ccccc2OC(F)(F)F)o1)C(=O)O. The number of carboxylic acid groups (broad SMARTS) is 1. The van der Waals surface area contributed by atoms with Gasteiger partial charge in [-0.3, -0.25) is 0 Å². The number of hydrogen-bond acceptors (Lipinski definition) is 5. The van der Waals surface area contributed by atoms with Gasteiger partial charge in [0.1, 0.15) is 28.9 Å². The van der Waals surface area contributed by atoms with E-state index >= 15 is 0 Å². The van der Waals surface area contributed by atoms with Gasteiger partial charge in [-0.25, -0.2) is 9.59 Å². The monoisotopic (exact) mass is 415 g/mol. The molecule has 0 spiro atoms. The second-order valence-corrected chi connectivity index (χ2v) is 7.05. The second-order valence-electron chi connectivity index (χ2n) is 7.05. The molecule has 158 valence electrons. The number of carboxylic acids is 1. The molecular formula is C19H20F3NO6. The molecule has 0 radical (unpaired) electrons. The number of para-hydroxylation sites is 1. The molecule has 0 bridgehead atoms. The first-order chi connectivity index (χ1) is 13.3. The minimum Gasteiger partial charge on any atom is -0.480 e. The Labute approximate surface area is 164 Å². The van der Waals surface area contributed by atoms with Crippen molar-refractivity contribution in [3.63, 3.8) is 0 Å². The van der Waals surface area contributed by atoms with Crippen LogP contribution in [0.3, 0.4) is 0 Å². The molecule has 2 rings (SSSR count). The number of carbonyl (C=O) groups excluding carboxylic acids is 1. The van der Waals surface area contributed by atoms with E-state index in [-0.39, 0.29) is 23.5 Å². The summed E-state index contributed by atoms with van der Waals surface area (Å²) in [5.74, 6) is -1.58. The third-order valence-electron chi connectivity index (χ3n) is 3.43. The standard InChI is InChI=1S/C19H20F3NO6/c1-18(2,3)29-17(26)23-13(16(24)25)10-11-8-9-14(27-11)12-6-4-5-7-15(12)28-19(20,21)22/h4-9,13H,10H2,1-3H3,(H,23,26)(H,24,25). The summed E-state index contributed by atoms with van der Waals surface area (Å²) in [6.45, 7) is 4.88. The third-order valence-corrected chi connectivity index (χ3v) is 3.43.